The normalized spacial score (nSPS) is 16.1. The van der Waals surface area contributed by atoms with Crippen molar-refractivity contribution in [3.8, 4) is 11.4 Å². The number of ether oxygens (including phenoxy) is 2. The van der Waals surface area contributed by atoms with Gasteiger partial charge < -0.3 is 45.7 Å². The van der Waals surface area contributed by atoms with Crippen LogP contribution in [0.4, 0.5) is 10.1 Å². The van der Waals surface area contributed by atoms with Crippen molar-refractivity contribution in [2.75, 3.05) is 38.4 Å². The summed E-state index contributed by atoms with van der Waals surface area (Å²) in [7, 11) is 1.41. The van der Waals surface area contributed by atoms with Crippen LogP contribution in [0.3, 0.4) is 0 Å². The fourth-order valence-corrected chi connectivity index (χ4v) is 9.61. The molecular weight excluding hydrogens is 1000 g/mol. The second kappa shape index (κ2) is 25.1. The Morgan fingerprint density at radius 1 is 0.842 bits per heavy atom. The van der Waals surface area contributed by atoms with Crippen molar-refractivity contribution in [3.63, 3.8) is 0 Å². The molecule has 3 unspecified atom stereocenters. The van der Waals surface area contributed by atoms with E-state index < -0.39 is 59.4 Å². The molecule has 22 heteroatoms. The maximum Gasteiger partial charge on any atom is 0.340 e. The number of benzene rings is 3. The number of imide groups is 1. The molecule has 3 atom stereocenters. The molecular formula is C54H59FN8O12S. The Kier molecular flexibility index (Phi) is 18.5. The molecule has 20 nitrogen and oxygen atoms in total. The van der Waals surface area contributed by atoms with Gasteiger partial charge in [-0.1, -0.05) is 56.3 Å². The van der Waals surface area contributed by atoms with Crippen LogP contribution in [0.2, 0.25) is 0 Å². The predicted molar refractivity (Wildman–Crippen MR) is 279 cm³/mol. The standard InChI is InChI=1S/C30H36N6O8S.C22H17FN2O4.C2H6/c1-44-18-34-26(39)16-33-29(42)22(13-20-5-3-2-4-6-20)35-27(40)17-32-25(38)15-31-24(37)12-9-19-7-10-21(11-8-19)36-28(41)14-23(45)30(36)43;1-9-10-3-2-4-11-13-7-25-17(19(13)24-16(18(10)11)6-15(9)23)5-12-14(21(25)27)8-29-22(28)20(12)26;1-2/h2-8,10-11,22-23,45H,9,12-18H2,1H3,(H,31,37)(H,32,38)(H,33,42)(H,34,39)(H,35,40);5-6,20,26H,2-4,7-8H2,1H3;1-2H3. The summed E-state index contributed by atoms with van der Waals surface area (Å²) in [6, 6.07) is 17.7. The highest BCUT2D eigenvalue weighted by atomic mass is 32.1. The Balaban J connectivity index is 0.000000231. The molecule has 3 aromatic carbocycles. The molecule has 0 saturated carbocycles. The Morgan fingerprint density at radius 3 is 2.21 bits per heavy atom. The summed E-state index contributed by atoms with van der Waals surface area (Å²) in [6.07, 6.45) is 1.74. The first kappa shape index (κ1) is 55.9. The third-order valence-corrected chi connectivity index (χ3v) is 13.6. The zero-order chi connectivity index (χ0) is 54.8. The summed E-state index contributed by atoms with van der Waals surface area (Å²) in [5.74, 6) is -4.42. The SMILES string of the molecule is CC.COCNC(=O)CNC(=O)C(Cc1ccccc1)NC(=O)CNC(=O)CNC(=O)CCc1ccc(N2C(=O)CC(S)C2=O)cc1.Cc1c(F)cc2nc3c(c4c2c1CCC4)Cn1c-3cc2c(c1=O)COC(=O)C2O. The number of hydrogen-bond acceptors (Lipinski definition) is 14. The topological polar surface area (TPSA) is 274 Å². The lowest BCUT2D eigenvalue weighted by atomic mass is 9.85. The first-order valence-corrected chi connectivity index (χ1v) is 25.3. The summed E-state index contributed by atoms with van der Waals surface area (Å²) >= 11 is 4.11. The molecule has 1 saturated heterocycles. The van der Waals surface area contributed by atoms with Crippen LogP contribution in [-0.2, 0) is 86.7 Å². The number of cyclic esters (lactones) is 1. The predicted octanol–water partition coefficient (Wildman–Crippen LogP) is 2.45. The van der Waals surface area contributed by atoms with E-state index in [4.69, 9.17) is 14.5 Å². The molecule has 1 fully saturated rings. The fourth-order valence-electron chi connectivity index (χ4n) is 9.34. The summed E-state index contributed by atoms with van der Waals surface area (Å²) < 4.78 is 25.8. The van der Waals surface area contributed by atoms with E-state index in [-0.39, 0.29) is 74.4 Å². The largest absolute Gasteiger partial charge is 0.458 e. The van der Waals surface area contributed by atoms with Crippen molar-refractivity contribution in [2.24, 2.45) is 0 Å². The molecule has 7 amide bonds. The van der Waals surface area contributed by atoms with Gasteiger partial charge >= 0.3 is 5.97 Å². The Labute approximate surface area is 441 Å². The van der Waals surface area contributed by atoms with E-state index >= 15 is 0 Å². The monoisotopic (exact) mass is 1060 g/mol. The van der Waals surface area contributed by atoms with Gasteiger partial charge in [0.15, 0.2) is 6.10 Å². The minimum atomic E-state index is -1.48. The van der Waals surface area contributed by atoms with Crippen molar-refractivity contribution < 1.29 is 57.3 Å². The number of hydrogen-bond donors (Lipinski definition) is 7. The molecule has 0 bridgehead atoms. The number of aliphatic hydroxyl groups excluding tert-OH is 1. The van der Waals surface area contributed by atoms with E-state index in [0.717, 1.165) is 57.4 Å². The number of carbonyl (C=O) groups excluding carboxylic acids is 8. The number of thiol groups is 1. The van der Waals surface area contributed by atoms with Crippen LogP contribution in [0.5, 0.6) is 0 Å². The van der Waals surface area contributed by atoms with E-state index in [0.29, 0.717) is 46.7 Å². The number of nitrogens with zero attached hydrogens (tertiary/aromatic N) is 3. The molecule has 400 valence electrons. The molecule has 1 aliphatic carbocycles. The van der Waals surface area contributed by atoms with E-state index in [9.17, 15) is 52.6 Å². The molecule has 5 aromatic rings. The maximum absolute atomic E-state index is 14.5. The maximum atomic E-state index is 14.5. The van der Waals surface area contributed by atoms with E-state index in [1.54, 1.807) is 66.1 Å². The first-order valence-electron chi connectivity index (χ1n) is 24.8. The Bertz CT molecular complexity index is 3150. The number of esters is 1. The van der Waals surface area contributed by atoms with Gasteiger partial charge in [-0.05, 0) is 78.6 Å². The lowest BCUT2D eigenvalue weighted by Gasteiger charge is -2.22. The molecule has 4 aliphatic rings. The van der Waals surface area contributed by atoms with Gasteiger partial charge in [-0.2, -0.15) is 12.6 Å². The second-order valence-corrected chi connectivity index (χ2v) is 18.7. The number of pyridine rings is 2. The van der Waals surface area contributed by atoms with Gasteiger partial charge in [-0.3, -0.25) is 38.4 Å². The third-order valence-electron chi connectivity index (χ3n) is 13.2. The van der Waals surface area contributed by atoms with Gasteiger partial charge in [0.25, 0.3) is 5.56 Å². The smallest absolute Gasteiger partial charge is 0.340 e. The summed E-state index contributed by atoms with van der Waals surface area (Å²) in [4.78, 5) is 116. The van der Waals surface area contributed by atoms with Crippen LogP contribution in [0.25, 0.3) is 22.3 Å². The highest BCUT2D eigenvalue weighted by Gasteiger charge is 2.38. The number of methoxy groups -OCH3 is 1. The van der Waals surface area contributed by atoms with Gasteiger partial charge in [0.2, 0.25) is 41.4 Å². The molecule has 9 rings (SSSR count). The summed E-state index contributed by atoms with van der Waals surface area (Å²) in [6.45, 7) is 4.91. The van der Waals surface area contributed by atoms with Crippen LogP contribution in [0, 0.1) is 12.7 Å². The van der Waals surface area contributed by atoms with Crippen molar-refractivity contribution in [1.82, 2.24) is 36.1 Å². The number of carbonyl (C=O) groups is 8. The lowest BCUT2D eigenvalue weighted by molar-refractivity contribution is -0.157. The zero-order valence-electron chi connectivity index (χ0n) is 42.4. The number of aliphatic hydroxyl groups is 1. The molecule has 3 aliphatic heterocycles. The summed E-state index contributed by atoms with van der Waals surface area (Å²) in [5, 5.41) is 22.9. The third kappa shape index (κ3) is 12.6. The molecule has 6 N–H and O–H groups in total. The highest BCUT2D eigenvalue weighted by Crippen LogP contribution is 2.42. The number of aromatic nitrogens is 2. The number of halogens is 1. The molecule has 2 aromatic heterocycles. The van der Waals surface area contributed by atoms with Crippen LogP contribution < -0.4 is 37.0 Å². The van der Waals surface area contributed by atoms with Gasteiger partial charge in [-0.15, -0.1) is 0 Å². The van der Waals surface area contributed by atoms with Crippen LogP contribution in [0.15, 0.2) is 71.5 Å². The first-order chi connectivity index (χ1) is 36.5. The quantitative estimate of drug-likeness (QED) is 0.0318. The minimum absolute atomic E-state index is 0.0165. The molecule has 5 heterocycles. The number of anilines is 1. The molecule has 76 heavy (non-hydrogen) atoms. The number of rotatable bonds is 16. The fraction of sp³-hybridized carbons (Fsp3) is 0.370. The van der Waals surface area contributed by atoms with Gasteiger partial charge in [-0.25, -0.2) is 19.1 Å². The van der Waals surface area contributed by atoms with Gasteiger partial charge in [0.05, 0.1) is 59.6 Å². The average molecular weight is 1060 g/mol. The van der Waals surface area contributed by atoms with Crippen molar-refractivity contribution >= 4 is 76.5 Å². The van der Waals surface area contributed by atoms with E-state index in [1.165, 1.54) is 13.2 Å². The van der Waals surface area contributed by atoms with Crippen molar-refractivity contribution in [3.05, 3.63) is 127 Å². The average Bonchev–Trinajstić information content (AvgIpc) is 3.95. The zero-order valence-corrected chi connectivity index (χ0v) is 43.3. The second-order valence-electron chi connectivity index (χ2n) is 18.1. The van der Waals surface area contributed by atoms with Crippen molar-refractivity contribution in [2.45, 2.75) is 96.3 Å². The summed E-state index contributed by atoms with van der Waals surface area (Å²) in [5.41, 5.74) is 7.86. The van der Waals surface area contributed by atoms with E-state index in [1.807, 2.05) is 19.9 Å². The van der Waals surface area contributed by atoms with E-state index in [2.05, 4.69) is 39.2 Å². The number of fused-ring (bicyclic) bond motifs is 5. The lowest BCUT2D eigenvalue weighted by Crippen LogP contribution is -2.52. The van der Waals surface area contributed by atoms with Gasteiger partial charge in [0, 0.05) is 49.0 Å². The highest BCUT2D eigenvalue weighted by molar-refractivity contribution is 7.82. The minimum Gasteiger partial charge on any atom is -0.458 e. The Morgan fingerprint density at radius 2 is 1.51 bits per heavy atom. The van der Waals surface area contributed by atoms with Crippen molar-refractivity contribution in [1.29, 1.82) is 0 Å². The van der Waals surface area contributed by atoms with Crippen LogP contribution in [-0.4, -0.2) is 107 Å². The number of nitrogens with one attached hydrogen (secondary N) is 5. The molecule has 0 radical (unpaired) electrons. The number of amides is 7. The van der Waals surface area contributed by atoms with Crippen LogP contribution >= 0.6 is 12.6 Å². The van der Waals surface area contributed by atoms with Crippen LogP contribution in [0.1, 0.15) is 83.7 Å². The van der Waals surface area contributed by atoms with Gasteiger partial charge in [0.1, 0.15) is 25.2 Å². The molecule has 0 spiro atoms. The Hall–Kier alpha value is -7.82. The number of aryl methyl sites for hydroxylation is 3.